The van der Waals surface area contributed by atoms with E-state index in [0.717, 1.165) is 45.1 Å². The summed E-state index contributed by atoms with van der Waals surface area (Å²) in [5, 5.41) is 10.5. The van der Waals surface area contributed by atoms with Gasteiger partial charge in [0.2, 0.25) is 21.8 Å². The molecule has 0 bridgehead atoms. The molecule has 2 aromatic heterocycles. The van der Waals surface area contributed by atoms with Gasteiger partial charge in [-0.1, -0.05) is 74.0 Å². The molecule has 4 atom stereocenters. The van der Waals surface area contributed by atoms with Crippen molar-refractivity contribution < 1.29 is 32.3 Å². The van der Waals surface area contributed by atoms with Crippen LogP contribution in [0, 0.1) is 24.7 Å². The predicted molar refractivity (Wildman–Crippen MR) is 286 cm³/mol. The molecule has 5 aromatic rings. The maximum atomic E-state index is 14.5. The van der Waals surface area contributed by atoms with Crippen molar-refractivity contribution in [3.63, 3.8) is 0 Å². The molecule has 71 heavy (non-hydrogen) atoms. The molecule has 0 spiro atoms. The second-order valence-corrected chi connectivity index (χ2v) is 23.7. The Labute approximate surface area is 431 Å². The summed E-state index contributed by atoms with van der Waals surface area (Å²) < 4.78 is 35.4. The first kappa shape index (κ1) is 53.6. The second kappa shape index (κ2) is 24.0. The van der Waals surface area contributed by atoms with Crippen molar-refractivity contribution in [2.24, 2.45) is 23.5 Å². The van der Waals surface area contributed by atoms with E-state index in [0.29, 0.717) is 92.7 Å². The number of nitrogens with one attached hydrogen (secondary N) is 3. The first-order valence-electron chi connectivity index (χ1n) is 24.3. The second-order valence-electron chi connectivity index (χ2n) is 19.5. The number of benzene rings is 3. The van der Waals surface area contributed by atoms with Gasteiger partial charge in [-0.25, -0.2) is 13.4 Å². The molecule has 2 fully saturated rings. The van der Waals surface area contributed by atoms with Crippen LogP contribution < -0.4 is 26.4 Å². The van der Waals surface area contributed by atoms with Crippen molar-refractivity contribution in [1.82, 2.24) is 19.5 Å². The Balaban J connectivity index is 0.923. The number of sulfonamides is 1. The number of rotatable bonds is 23. The SMILES string of the molecule is Cc1ncsc1-c1ccc(CNC(=O)C2CCCN2C(=O)C(C(C)C)C(CCN)CCNc2cccc(CS(=O)(=O)N3CCC(Nc4cccc(-c5sc(C=O)c(OCC=O)c5Cl)c4)CC3(C)C)c2)cc1. The maximum Gasteiger partial charge on any atom is 0.243 e. The van der Waals surface area contributed by atoms with E-state index in [1.54, 1.807) is 20.5 Å². The maximum absolute atomic E-state index is 14.5. The van der Waals surface area contributed by atoms with Gasteiger partial charge in [0.15, 0.2) is 18.3 Å². The molecular weight excluding hydrogens is 978 g/mol. The standard InChI is InChI=1S/C53H66ClN7O7S3/c1-34(2)46(52(65)60-23-8-13-44(60)51(64)57-30-36-14-16-39(17-15-36)49-35(3)58-33-69-49)38(18-21-55)19-22-56-41-11-6-9-37(27-41)32-71(66,67)61-24-20-43(29-53(61,4)5)59-42-12-7-10-40(28-42)50-47(54)48(68-26-25-62)45(31-63)70-50/h6-7,9-12,14-17,25,27-28,31,33-34,38,43-44,46,56,59H,8,13,18-24,26,29-30,32,55H2,1-5H3,(H,57,64). The molecule has 4 heterocycles. The minimum Gasteiger partial charge on any atom is -0.483 e. The number of nitrogens with two attached hydrogens (primary N) is 1. The fraction of sp³-hybridized carbons (Fsp3) is 0.453. The number of halogens is 1. The Morgan fingerprint density at radius 2 is 1.73 bits per heavy atom. The molecule has 2 saturated heterocycles. The minimum atomic E-state index is -3.72. The van der Waals surface area contributed by atoms with Crippen LogP contribution in [0.4, 0.5) is 11.4 Å². The fourth-order valence-electron chi connectivity index (χ4n) is 10.3. The number of nitrogens with zero attached hydrogens (tertiary/aromatic N) is 3. The third-order valence-corrected chi connectivity index (χ3v) is 18.2. The van der Waals surface area contributed by atoms with Gasteiger partial charge in [-0.2, -0.15) is 4.31 Å². The molecule has 5 N–H and O–H groups in total. The molecule has 4 unspecified atom stereocenters. The van der Waals surface area contributed by atoms with Crippen LogP contribution in [-0.2, 0) is 36.7 Å². The van der Waals surface area contributed by atoms with Gasteiger partial charge >= 0.3 is 0 Å². The third-order valence-electron chi connectivity index (χ3n) is 13.6. The summed E-state index contributed by atoms with van der Waals surface area (Å²) in [5.41, 5.74) is 13.5. The lowest BCUT2D eigenvalue weighted by Crippen LogP contribution is -2.55. The first-order valence-corrected chi connectivity index (χ1v) is 28.0. The number of aromatic nitrogens is 1. The summed E-state index contributed by atoms with van der Waals surface area (Å²) in [4.78, 5) is 59.0. The van der Waals surface area contributed by atoms with Crippen molar-refractivity contribution in [1.29, 1.82) is 0 Å². The number of hydrogen-bond acceptors (Lipinski definition) is 13. The van der Waals surface area contributed by atoms with E-state index in [1.165, 1.54) is 11.3 Å². The predicted octanol–water partition coefficient (Wildman–Crippen LogP) is 9.42. The third kappa shape index (κ3) is 13.1. The van der Waals surface area contributed by atoms with Gasteiger partial charge in [-0.3, -0.25) is 19.2 Å². The Bertz CT molecular complexity index is 2760. The van der Waals surface area contributed by atoms with Crippen molar-refractivity contribution in [2.75, 3.05) is 43.4 Å². The van der Waals surface area contributed by atoms with Crippen LogP contribution in [0.5, 0.6) is 5.75 Å². The number of likely N-dealkylation sites (tertiary alicyclic amines) is 1. The highest BCUT2D eigenvalue weighted by Crippen LogP contribution is 2.45. The number of anilines is 2. The molecule has 3 aromatic carbocycles. The number of aryl methyl sites for hydroxylation is 1. The van der Waals surface area contributed by atoms with Gasteiger partial charge in [0.25, 0.3) is 0 Å². The number of amides is 2. The van der Waals surface area contributed by atoms with Gasteiger partial charge in [0.05, 0.1) is 26.7 Å². The molecule has 0 saturated carbocycles. The van der Waals surface area contributed by atoms with Gasteiger partial charge in [-0.15, -0.1) is 22.7 Å². The summed E-state index contributed by atoms with van der Waals surface area (Å²) in [6, 6.07) is 22.7. The van der Waals surface area contributed by atoms with Gasteiger partial charge in [0, 0.05) is 55.1 Å². The average molecular weight is 1040 g/mol. The summed E-state index contributed by atoms with van der Waals surface area (Å²) in [6.45, 7) is 12.0. The zero-order valence-corrected chi connectivity index (χ0v) is 44.3. The van der Waals surface area contributed by atoms with E-state index in [9.17, 15) is 27.6 Å². The van der Waals surface area contributed by atoms with Crippen LogP contribution >= 0.6 is 34.3 Å². The van der Waals surface area contributed by atoms with Crippen molar-refractivity contribution in [2.45, 2.75) is 103 Å². The van der Waals surface area contributed by atoms with Crippen LogP contribution in [0.1, 0.15) is 92.7 Å². The number of thiophene rings is 1. The number of carbonyl (C=O) groups excluding carboxylic acids is 4. The molecular formula is C53H66ClN7O7S3. The minimum absolute atomic E-state index is 0.00249. The molecule has 7 rings (SSSR count). The molecule has 18 heteroatoms. The van der Waals surface area contributed by atoms with Crippen LogP contribution in [0.15, 0.2) is 78.3 Å². The molecule has 0 radical (unpaired) electrons. The zero-order valence-electron chi connectivity index (χ0n) is 41.1. The Morgan fingerprint density at radius 1 is 0.972 bits per heavy atom. The summed E-state index contributed by atoms with van der Waals surface area (Å²) in [5.74, 6) is -0.438. The number of piperidine rings is 1. The van der Waals surface area contributed by atoms with E-state index in [1.807, 2.05) is 86.9 Å². The van der Waals surface area contributed by atoms with Gasteiger partial charge in [-0.05, 0) is 124 Å². The number of hydrogen-bond donors (Lipinski definition) is 4. The lowest BCUT2D eigenvalue weighted by molar-refractivity contribution is -0.144. The Hall–Kier alpha value is -5.17. The van der Waals surface area contributed by atoms with Crippen molar-refractivity contribution in [3.8, 4) is 26.6 Å². The molecule has 2 aliphatic heterocycles. The van der Waals surface area contributed by atoms with E-state index >= 15 is 0 Å². The van der Waals surface area contributed by atoms with Gasteiger partial charge < -0.3 is 31.3 Å². The summed E-state index contributed by atoms with van der Waals surface area (Å²) in [6.07, 6.45) is 5.12. The van der Waals surface area contributed by atoms with Crippen LogP contribution in [0.25, 0.3) is 20.9 Å². The van der Waals surface area contributed by atoms with Crippen LogP contribution in [-0.4, -0.2) is 97.4 Å². The molecule has 14 nitrogen and oxygen atoms in total. The molecule has 0 aliphatic carbocycles. The molecule has 2 aliphatic rings. The Kier molecular flexibility index (Phi) is 18.2. The number of carbonyl (C=O) groups is 4. The Morgan fingerprint density at radius 3 is 2.42 bits per heavy atom. The van der Waals surface area contributed by atoms with Crippen molar-refractivity contribution in [3.05, 3.63) is 105 Å². The number of aldehydes is 2. The fourth-order valence-corrected chi connectivity index (χ4v) is 14.5. The van der Waals surface area contributed by atoms with Crippen molar-refractivity contribution >= 4 is 80.1 Å². The quantitative estimate of drug-likeness (QED) is 0.0456. The summed E-state index contributed by atoms with van der Waals surface area (Å²) >= 11 is 9.41. The van der Waals surface area contributed by atoms with E-state index in [2.05, 4.69) is 46.9 Å². The molecule has 2 amide bonds. The lowest BCUT2D eigenvalue weighted by Gasteiger charge is -2.45. The normalized spacial score (nSPS) is 17.9. The first-order chi connectivity index (χ1) is 34.0. The molecule has 380 valence electrons. The van der Waals surface area contributed by atoms with E-state index in [4.69, 9.17) is 22.1 Å². The topological polar surface area (TPSA) is 193 Å². The van der Waals surface area contributed by atoms with Crippen LogP contribution in [0.2, 0.25) is 5.02 Å². The highest BCUT2D eigenvalue weighted by molar-refractivity contribution is 7.88. The number of ether oxygens (including phenoxy) is 1. The number of thiazole rings is 1. The monoisotopic (exact) mass is 1040 g/mol. The zero-order chi connectivity index (χ0) is 50.9. The van der Waals surface area contributed by atoms with Gasteiger partial charge in [0.1, 0.15) is 22.5 Å². The smallest absolute Gasteiger partial charge is 0.243 e. The highest BCUT2D eigenvalue weighted by Gasteiger charge is 2.42. The largest absolute Gasteiger partial charge is 0.483 e. The van der Waals surface area contributed by atoms with E-state index in [-0.39, 0.29) is 58.7 Å². The highest BCUT2D eigenvalue weighted by atomic mass is 35.5. The van der Waals surface area contributed by atoms with E-state index < -0.39 is 21.6 Å². The van der Waals surface area contributed by atoms with Crippen LogP contribution in [0.3, 0.4) is 0 Å². The average Bonchev–Trinajstić information content (AvgIpc) is 4.08. The lowest BCUT2D eigenvalue weighted by atomic mass is 9.78. The summed E-state index contributed by atoms with van der Waals surface area (Å²) in [7, 11) is -3.72.